The van der Waals surface area contributed by atoms with Crippen molar-refractivity contribution in [2.45, 2.75) is 104 Å². The van der Waals surface area contributed by atoms with Crippen LogP contribution < -0.4 is 0 Å². The van der Waals surface area contributed by atoms with Crippen molar-refractivity contribution in [3.63, 3.8) is 0 Å². The van der Waals surface area contributed by atoms with Gasteiger partial charge in [0.2, 0.25) is 0 Å². The monoisotopic (exact) mass is 266 g/mol. The summed E-state index contributed by atoms with van der Waals surface area (Å²) in [7, 11) is 0. The van der Waals surface area contributed by atoms with E-state index >= 15 is 0 Å². The van der Waals surface area contributed by atoms with E-state index in [0.29, 0.717) is 5.78 Å². The highest BCUT2D eigenvalue weighted by atomic mass is 16.1. The lowest BCUT2D eigenvalue weighted by Crippen LogP contribution is -2.30. The molecule has 0 saturated heterocycles. The van der Waals surface area contributed by atoms with Crippen LogP contribution in [0.5, 0.6) is 0 Å². The quantitative estimate of drug-likeness (QED) is 0.439. The molecule has 19 heavy (non-hydrogen) atoms. The molecule has 1 heteroatoms. The Morgan fingerprint density at radius 1 is 0.842 bits per heavy atom. The summed E-state index contributed by atoms with van der Waals surface area (Å²) in [6.07, 6.45) is 17.6. The highest BCUT2D eigenvalue weighted by Gasteiger charge is 2.33. The van der Waals surface area contributed by atoms with Crippen LogP contribution in [0.2, 0.25) is 0 Å². The van der Waals surface area contributed by atoms with Gasteiger partial charge < -0.3 is 0 Å². The van der Waals surface area contributed by atoms with Crippen LogP contribution >= 0.6 is 0 Å². The molecule has 0 atom stereocenters. The Morgan fingerprint density at radius 3 is 1.95 bits per heavy atom. The minimum absolute atomic E-state index is 0.0410. The number of ketones is 1. The molecule has 0 aliphatic heterocycles. The fraction of sp³-hybridized carbons (Fsp3) is 0.944. The molecule has 0 unspecified atom stereocenters. The molecule has 0 amide bonds. The first-order valence-electron chi connectivity index (χ1n) is 8.72. The first-order valence-corrected chi connectivity index (χ1v) is 8.72. The van der Waals surface area contributed by atoms with Gasteiger partial charge in [-0.1, -0.05) is 78.1 Å². The largest absolute Gasteiger partial charge is 0.299 e. The zero-order valence-corrected chi connectivity index (χ0v) is 13.3. The predicted octanol–water partition coefficient (Wildman–Crippen LogP) is 6.06. The second-order valence-corrected chi connectivity index (χ2v) is 6.77. The van der Waals surface area contributed by atoms with Crippen molar-refractivity contribution < 1.29 is 4.79 Å². The van der Waals surface area contributed by atoms with Gasteiger partial charge in [-0.2, -0.15) is 0 Å². The Balaban J connectivity index is 2.01. The minimum Gasteiger partial charge on any atom is -0.299 e. The van der Waals surface area contributed by atoms with E-state index in [-0.39, 0.29) is 5.41 Å². The second kappa shape index (κ2) is 9.55. The maximum Gasteiger partial charge on any atom is 0.138 e. The maximum atomic E-state index is 12.3. The third kappa shape index (κ3) is 6.58. The van der Waals surface area contributed by atoms with Gasteiger partial charge in [0.25, 0.3) is 0 Å². The topological polar surface area (TPSA) is 17.1 Å². The van der Waals surface area contributed by atoms with Crippen molar-refractivity contribution in [1.82, 2.24) is 0 Å². The molecule has 1 nitrogen and oxygen atoms in total. The van der Waals surface area contributed by atoms with Crippen LogP contribution in [-0.4, -0.2) is 5.78 Å². The molecule has 112 valence electrons. The summed E-state index contributed by atoms with van der Waals surface area (Å²) in [6, 6.07) is 0. The predicted molar refractivity (Wildman–Crippen MR) is 83.4 cm³/mol. The normalized spacial score (nSPS) is 18.4. The number of hydrogen-bond acceptors (Lipinski definition) is 1. The summed E-state index contributed by atoms with van der Waals surface area (Å²) < 4.78 is 0. The number of Topliss-reactive ketones (excluding diaryl/α,β-unsaturated/α-hetero) is 1. The highest BCUT2D eigenvalue weighted by Crippen LogP contribution is 2.37. The molecular weight excluding hydrogens is 232 g/mol. The molecule has 0 radical (unpaired) electrons. The lowest BCUT2D eigenvalue weighted by molar-refractivity contribution is -0.129. The van der Waals surface area contributed by atoms with E-state index in [9.17, 15) is 4.79 Å². The van der Waals surface area contributed by atoms with E-state index in [1.165, 1.54) is 64.2 Å². The lowest BCUT2D eigenvalue weighted by atomic mass is 9.71. The van der Waals surface area contributed by atoms with Crippen LogP contribution in [-0.2, 0) is 4.79 Å². The molecule has 0 aromatic heterocycles. The number of unbranched alkanes of at least 4 members (excludes halogenated alkanes) is 7. The highest BCUT2D eigenvalue weighted by molar-refractivity contribution is 5.84. The summed E-state index contributed by atoms with van der Waals surface area (Å²) in [5.74, 6) is 0.554. The van der Waals surface area contributed by atoms with Crippen LogP contribution in [0.1, 0.15) is 104 Å². The summed E-state index contributed by atoms with van der Waals surface area (Å²) >= 11 is 0. The van der Waals surface area contributed by atoms with Crippen molar-refractivity contribution in [2.24, 2.45) is 5.41 Å². The molecule has 1 rings (SSSR count). The van der Waals surface area contributed by atoms with Gasteiger partial charge in [0, 0.05) is 11.8 Å². The maximum absolute atomic E-state index is 12.3. The Labute approximate surface area is 120 Å². The Hall–Kier alpha value is -0.330. The third-order valence-electron chi connectivity index (χ3n) is 4.89. The molecule has 0 aromatic rings. The van der Waals surface area contributed by atoms with Gasteiger partial charge in [0.15, 0.2) is 0 Å². The first-order chi connectivity index (χ1) is 9.19. The molecule has 1 saturated carbocycles. The van der Waals surface area contributed by atoms with E-state index in [1.54, 1.807) is 0 Å². The Morgan fingerprint density at radius 2 is 1.37 bits per heavy atom. The molecule has 1 aliphatic carbocycles. The molecular formula is C18H34O. The van der Waals surface area contributed by atoms with Gasteiger partial charge in [-0.3, -0.25) is 4.79 Å². The summed E-state index contributed by atoms with van der Waals surface area (Å²) in [5, 5.41) is 0. The van der Waals surface area contributed by atoms with E-state index in [0.717, 1.165) is 25.7 Å². The van der Waals surface area contributed by atoms with Crippen LogP contribution in [0.15, 0.2) is 0 Å². The first kappa shape index (κ1) is 16.7. The van der Waals surface area contributed by atoms with Gasteiger partial charge in [-0.05, 0) is 19.3 Å². The molecule has 0 spiro atoms. The Kier molecular flexibility index (Phi) is 8.41. The average molecular weight is 266 g/mol. The van der Waals surface area contributed by atoms with Gasteiger partial charge >= 0.3 is 0 Å². The van der Waals surface area contributed by atoms with Gasteiger partial charge in [-0.15, -0.1) is 0 Å². The molecule has 0 aromatic carbocycles. The molecule has 1 aliphatic rings. The molecule has 0 N–H and O–H groups in total. The standard InChI is InChI=1S/C18H34O/c1-3-4-5-6-7-8-9-11-14-17(19)18(2)15-12-10-13-16-18/h3-16H2,1-2H3. The summed E-state index contributed by atoms with van der Waals surface area (Å²) in [4.78, 5) is 12.3. The van der Waals surface area contributed by atoms with Gasteiger partial charge in [0.1, 0.15) is 5.78 Å². The van der Waals surface area contributed by atoms with Crippen molar-refractivity contribution in [2.75, 3.05) is 0 Å². The zero-order chi connectivity index (χ0) is 14.0. The summed E-state index contributed by atoms with van der Waals surface area (Å²) in [6.45, 7) is 4.47. The van der Waals surface area contributed by atoms with Crippen LogP contribution in [0.3, 0.4) is 0 Å². The lowest BCUT2D eigenvalue weighted by Gasteiger charge is -2.32. The second-order valence-electron chi connectivity index (χ2n) is 6.77. The molecule has 0 heterocycles. The van der Waals surface area contributed by atoms with Gasteiger partial charge in [0.05, 0.1) is 0 Å². The number of hydrogen-bond donors (Lipinski definition) is 0. The fourth-order valence-electron chi connectivity index (χ4n) is 3.33. The fourth-order valence-corrected chi connectivity index (χ4v) is 3.33. The minimum atomic E-state index is 0.0410. The van der Waals surface area contributed by atoms with Crippen molar-refractivity contribution >= 4 is 5.78 Å². The van der Waals surface area contributed by atoms with Crippen LogP contribution in [0.25, 0.3) is 0 Å². The number of carbonyl (C=O) groups excluding carboxylic acids is 1. The van der Waals surface area contributed by atoms with E-state index in [4.69, 9.17) is 0 Å². The zero-order valence-electron chi connectivity index (χ0n) is 13.3. The molecule has 1 fully saturated rings. The van der Waals surface area contributed by atoms with Crippen molar-refractivity contribution in [3.05, 3.63) is 0 Å². The van der Waals surface area contributed by atoms with Crippen LogP contribution in [0.4, 0.5) is 0 Å². The van der Waals surface area contributed by atoms with Crippen molar-refractivity contribution in [1.29, 1.82) is 0 Å². The third-order valence-corrected chi connectivity index (χ3v) is 4.89. The van der Waals surface area contributed by atoms with E-state index in [2.05, 4.69) is 13.8 Å². The van der Waals surface area contributed by atoms with E-state index in [1.807, 2.05) is 0 Å². The van der Waals surface area contributed by atoms with Gasteiger partial charge in [-0.25, -0.2) is 0 Å². The number of carbonyl (C=O) groups is 1. The smallest absolute Gasteiger partial charge is 0.138 e. The molecule has 0 bridgehead atoms. The SMILES string of the molecule is CCCCCCCCCCC(=O)C1(C)CCCCC1. The number of rotatable bonds is 10. The summed E-state index contributed by atoms with van der Waals surface area (Å²) in [5.41, 5.74) is 0.0410. The van der Waals surface area contributed by atoms with E-state index < -0.39 is 0 Å². The van der Waals surface area contributed by atoms with Crippen molar-refractivity contribution in [3.8, 4) is 0 Å². The average Bonchev–Trinajstić information content (AvgIpc) is 2.42. The van der Waals surface area contributed by atoms with Crippen LogP contribution in [0, 0.1) is 5.41 Å². The Bertz CT molecular complexity index is 238.